The minimum atomic E-state index is -4.35. The topological polar surface area (TPSA) is 58.3 Å². The van der Waals surface area contributed by atoms with Gasteiger partial charge in [-0.15, -0.1) is 0 Å². The summed E-state index contributed by atoms with van der Waals surface area (Å²) < 4.78 is 37.3. The van der Waals surface area contributed by atoms with Crippen LogP contribution in [0.5, 0.6) is 0 Å². The Morgan fingerprint density at radius 2 is 1.57 bits per heavy atom. The number of nitrogens with two attached hydrogens (primary N) is 1. The van der Waals surface area contributed by atoms with Crippen molar-refractivity contribution in [3.8, 4) is 0 Å². The molecule has 0 aliphatic heterocycles. The summed E-state index contributed by atoms with van der Waals surface area (Å²) in [5.74, 6) is 0. The Morgan fingerprint density at radius 1 is 1.00 bits per heavy atom. The number of alkyl halides is 3. The van der Waals surface area contributed by atoms with Gasteiger partial charge in [0.25, 0.3) is 0 Å². The summed E-state index contributed by atoms with van der Waals surface area (Å²) in [5.41, 5.74) is 6.64. The fourth-order valence-electron chi connectivity index (χ4n) is 1.83. The van der Waals surface area contributed by atoms with Gasteiger partial charge < -0.3 is 16.2 Å². The second-order valence-corrected chi connectivity index (χ2v) is 4.64. The largest absolute Gasteiger partial charge is 0.416 e. The molecule has 2 aromatic rings. The van der Waals surface area contributed by atoms with Gasteiger partial charge in [0.15, 0.2) is 0 Å². The number of hydrogen-bond acceptors (Lipinski definition) is 3. The van der Waals surface area contributed by atoms with Crippen LogP contribution >= 0.6 is 0 Å². The Kier molecular flexibility index (Phi) is 4.37. The van der Waals surface area contributed by atoms with Crippen molar-refractivity contribution in [2.75, 3.05) is 17.6 Å². The van der Waals surface area contributed by atoms with E-state index < -0.39 is 17.8 Å². The maximum absolute atomic E-state index is 12.4. The van der Waals surface area contributed by atoms with E-state index in [2.05, 4.69) is 5.32 Å². The number of aliphatic hydroxyl groups is 1. The fraction of sp³-hybridized carbons (Fsp3) is 0.200. The molecule has 2 aromatic carbocycles. The van der Waals surface area contributed by atoms with Gasteiger partial charge in [-0.3, -0.25) is 0 Å². The van der Waals surface area contributed by atoms with Crippen LogP contribution in [0.1, 0.15) is 17.2 Å². The van der Waals surface area contributed by atoms with Crippen LogP contribution in [0.25, 0.3) is 0 Å². The van der Waals surface area contributed by atoms with Crippen LogP contribution in [-0.4, -0.2) is 11.7 Å². The first-order chi connectivity index (χ1) is 9.86. The molecule has 112 valence electrons. The van der Waals surface area contributed by atoms with Crippen molar-refractivity contribution in [2.24, 2.45) is 0 Å². The lowest BCUT2D eigenvalue weighted by molar-refractivity contribution is -0.137. The lowest BCUT2D eigenvalue weighted by atomic mass is 10.1. The van der Waals surface area contributed by atoms with Crippen LogP contribution in [-0.2, 0) is 6.18 Å². The highest BCUT2D eigenvalue weighted by atomic mass is 19.4. The molecule has 0 spiro atoms. The van der Waals surface area contributed by atoms with Gasteiger partial charge in [-0.05, 0) is 42.0 Å². The monoisotopic (exact) mass is 296 g/mol. The maximum atomic E-state index is 12.4. The summed E-state index contributed by atoms with van der Waals surface area (Å²) in [6.07, 6.45) is -5.12. The van der Waals surface area contributed by atoms with Gasteiger partial charge in [-0.25, -0.2) is 0 Å². The first-order valence-corrected chi connectivity index (χ1v) is 6.31. The zero-order valence-electron chi connectivity index (χ0n) is 11.1. The summed E-state index contributed by atoms with van der Waals surface area (Å²) >= 11 is 0. The molecule has 0 heterocycles. The number of benzene rings is 2. The SMILES string of the molecule is Nc1ccc(C(O)CNc2ccc(C(F)(F)F)cc2)cc1. The van der Waals surface area contributed by atoms with Crippen LogP contribution in [0.2, 0.25) is 0 Å². The second-order valence-electron chi connectivity index (χ2n) is 4.64. The standard InChI is InChI=1S/C15H15F3N2O/c16-15(17,18)11-3-7-13(8-4-11)20-9-14(21)10-1-5-12(19)6-2-10/h1-8,14,20-21H,9,19H2. The number of hydrogen-bond donors (Lipinski definition) is 3. The molecule has 1 atom stereocenters. The van der Waals surface area contributed by atoms with Gasteiger partial charge in [0, 0.05) is 17.9 Å². The molecule has 2 rings (SSSR count). The number of nitrogens with one attached hydrogen (secondary N) is 1. The zero-order valence-corrected chi connectivity index (χ0v) is 11.1. The van der Waals surface area contributed by atoms with Crippen molar-refractivity contribution >= 4 is 11.4 Å². The van der Waals surface area contributed by atoms with Crippen LogP contribution in [0.3, 0.4) is 0 Å². The molecule has 0 bridgehead atoms. The van der Waals surface area contributed by atoms with E-state index in [-0.39, 0.29) is 6.54 Å². The Morgan fingerprint density at radius 3 is 2.10 bits per heavy atom. The number of halogens is 3. The van der Waals surface area contributed by atoms with E-state index in [9.17, 15) is 18.3 Å². The van der Waals surface area contributed by atoms with E-state index in [4.69, 9.17) is 5.73 Å². The predicted molar refractivity (Wildman–Crippen MR) is 75.7 cm³/mol. The molecule has 0 aliphatic carbocycles. The molecule has 1 unspecified atom stereocenters. The molecule has 0 aliphatic rings. The van der Waals surface area contributed by atoms with E-state index in [0.717, 1.165) is 12.1 Å². The third kappa shape index (κ3) is 4.13. The Balaban J connectivity index is 1.95. The Hall–Kier alpha value is -2.21. The average molecular weight is 296 g/mol. The lowest BCUT2D eigenvalue weighted by Gasteiger charge is -2.14. The lowest BCUT2D eigenvalue weighted by Crippen LogP contribution is -2.12. The van der Waals surface area contributed by atoms with Crippen molar-refractivity contribution in [3.63, 3.8) is 0 Å². The van der Waals surface area contributed by atoms with Gasteiger partial charge in [-0.2, -0.15) is 13.2 Å². The third-order valence-corrected chi connectivity index (χ3v) is 3.03. The van der Waals surface area contributed by atoms with Crippen molar-refractivity contribution in [1.82, 2.24) is 0 Å². The molecule has 0 amide bonds. The molecule has 3 nitrogen and oxygen atoms in total. The molecular weight excluding hydrogens is 281 g/mol. The summed E-state index contributed by atoms with van der Waals surface area (Å²) in [7, 11) is 0. The molecule has 6 heteroatoms. The Bertz CT molecular complexity index is 579. The third-order valence-electron chi connectivity index (χ3n) is 3.03. The maximum Gasteiger partial charge on any atom is 0.416 e. The summed E-state index contributed by atoms with van der Waals surface area (Å²) in [6, 6.07) is 11.4. The number of rotatable bonds is 4. The van der Waals surface area contributed by atoms with Crippen molar-refractivity contribution in [1.29, 1.82) is 0 Å². The zero-order chi connectivity index (χ0) is 15.5. The number of nitrogen functional groups attached to an aromatic ring is 1. The van der Waals surface area contributed by atoms with Gasteiger partial charge in [-0.1, -0.05) is 12.1 Å². The molecule has 4 N–H and O–H groups in total. The molecule has 21 heavy (non-hydrogen) atoms. The number of aliphatic hydroxyl groups excluding tert-OH is 1. The van der Waals surface area contributed by atoms with E-state index in [0.29, 0.717) is 16.9 Å². The van der Waals surface area contributed by atoms with Gasteiger partial charge >= 0.3 is 6.18 Å². The van der Waals surface area contributed by atoms with Gasteiger partial charge in [0.2, 0.25) is 0 Å². The van der Waals surface area contributed by atoms with Crippen molar-refractivity contribution < 1.29 is 18.3 Å². The fourth-order valence-corrected chi connectivity index (χ4v) is 1.83. The van der Waals surface area contributed by atoms with Crippen LogP contribution in [0.4, 0.5) is 24.5 Å². The van der Waals surface area contributed by atoms with Gasteiger partial charge in [0.1, 0.15) is 0 Å². The molecule has 0 saturated heterocycles. The predicted octanol–water partition coefficient (Wildman–Crippen LogP) is 3.43. The van der Waals surface area contributed by atoms with Crippen molar-refractivity contribution in [2.45, 2.75) is 12.3 Å². The van der Waals surface area contributed by atoms with Gasteiger partial charge in [0.05, 0.1) is 11.7 Å². The second kappa shape index (κ2) is 6.05. The molecular formula is C15H15F3N2O. The Labute approximate surface area is 120 Å². The van der Waals surface area contributed by atoms with Crippen LogP contribution in [0, 0.1) is 0 Å². The van der Waals surface area contributed by atoms with Crippen LogP contribution < -0.4 is 11.1 Å². The smallest absolute Gasteiger partial charge is 0.399 e. The van der Waals surface area contributed by atoms with E-state index in [1.807, 2.05) is 0 Å². The first-order valence-electron chi connectivity index (χ1n) is 6.31. The highest BCUT2D eigenvalue weighted by Gasteiger charge is 2.29. The minimum absolute atomic E-state index is 0.190. The van der Waals surface area contributed by atoms with E-state index >= 15 is 0 Å². The highest BCUT2D eigenvalue weighted by Crippen LogP contribution is 2.29. The summed E-state index contributed by atoms with van der Waals surface area (Å²) in [6.45, 7) is 0.190. The van der Waals surface area contributed by atoms with E-state index in [1.165, 1.54) is 12.1 Å². The average Bonchev–Trinajstić information content (AvgIpc) is 2.45. The highest BCUT2D eigenvalue weighted by molar-refractivity contribution is 5.46. The summed E-state index contributed by atoms with van der Waals surface area (Å²) in [5, 5.41) is 12.9. The molecule has 0 aromatic heterocycles. The quantitative estimate of drug-likeness (QED) is 0.758. The van der Waals surface area contributed by atoms with E-state index in [1.54, 1.807) is 24.3 Å². The first kappa shape index (κ1) is 15.2. The molecule has 0 fully saturated rings. The normalized spacial score (nSPS) is 13.0. The minimum Gasteiger partial charge on any atom is -0.399 e. The number of anilines is 2. The summed E-state index contributed by atoms with van der Waals surface area (Å²) in [4.78, 5) is 0. The van der Waals surface area contributed by atoms with Crippen molar-refractivity contribution in [3.05, 3.63) is 59.7 Å². The molecule has 0 saturated carbocycles. The molecule has 0 radical (unpaired) electrons. The van der Waals surface area contributed by atoms with Crippen LogP contribution in [0.15, 0.2) is 48.5 Å².